The third-order valence-electron chi connectivity index (χ3n) is 2.69. The predicted octanol–water partition coefficient (Wildman–Crippen LogP) is 4.25. The molecule has 0 saturated heterocycles. The molecule has 0 atom stereocenters. The number of carbonyl (C=O) groups excluding carboxylic acids is 1. The van der Waals surface area contributed by atoms with Crippen molar-refractivity contribution in [3.8, 4) is 0 Å². The molecule has 0 bridgehead atoms. The van der Waals surface area contributed by atoms with Crippen molar-refractivity contribution in [2.24, 2.45) is 0 Å². The van der Waals surface area contributed by atoms with Crippen LogP contribution in [0, 0.1) is 6.92 Å². The fraction of sp³-hybridized carbons (Fsp3) is 0.0714. The maximum atomic E-state index is 12.1. The highest BCUT2D eigenvalue weighted by atomic mass is 79.9. The molecule has 0 saturated carbocycles. The van der Waals surface area contributed by atoms with Crippen LogP contribution in [0.1, 0.15) is 15.9 Å². The van der Waals surface area contributed by atoms with Crippen LogP contribution < -0.4 is 11.1 Å². The average Bonchev–Trinajstić information content (AvgIpc) is 2.37. The van der Waals surface area contributed by atoms with Crippen LogP contribution >= 0.6 is 27.5 Å². The zero-order chi connectivity index (χ0) is 14.0. The molecule has 1 amide bonds. The van der Waals surface area contributed by atoms with Crippen LogP contribution in [-0.2, 0) is 0 Å². The highest BCUT2D eigenvalue weighted by molar-refractivity contribution is 9.10. The van der Waals surface area contributed by atoms with Crippen molar-refractivity contribution in [3.05, 3.63) is 57.0 Å². The maximum Gasteiger partial charge on any atom is 0.255 e. The minimum Gasteiger partial charge on any atom is -0.399 e. The number of nitrogens with one attached hydrogen (secondary N) is 1. The van der Waals surface area contributed by atoms with Gasteiger partial charge < -0.3 is 11.1 Å². The lowest BCUT2D eigenvalue weighted by molar-refractivity contribution is 0.102. The van der Waals surface area contributed by atoms with E-state index in [4.69, 9.17) is 17.3 Å². The van der Waals surface area contributed by atoms with Gasteiger partial charge in [-0.05, 0) is 58.7 Å². The molecule has 3 N–H and O–H groups in total. The van der Waals surface area contributed by atoms with E-state index in [0.717, 1.165) is 10.0 Å². The van der Waals surface area contributed by atoms with Gasteiger partial charge in [0.2, 0.25) is 0 Å². The Balaban J connectivity index is 2.25. The summed E-state index contributed by atoms with van der Waals surface area (Å²) >= 11 is 9.26. The number of carbonyl (C=O) groups is 1. The largest absolute Gasteiger partial charge is 0.399 e. The Labute approximate surface area is 124 Å². The number of halogens is 2. The fourth-order valence-electron chi connectivity index (χ4n) is 1.61. The van der Waals surface area contributed by atoms with Crippen LogP contribution in [-0.4, -0.2) is 5.91 Å². The number of rotatable bonds is 2. The van der Waals surface area contributed by atoms with Crippen molar-refractivity contribution in [2.45, 2.75) is 6.92 Å². The van der Waals surface area contributed by atoms with Gasteiger partial charge in [0.25, 0.3) is 5.91 Å². The Morgan fingerprint density at radius 3 is 2.68 bits per heavy atom. The monoisotopic (exact) mass is 338 g/mol. The van der Waals surface area contributed by atoms with Gasteiger partial charge in [-0.3, -0.25) is 4.79 Å². The van der Waals surface area contributed by atoms with Crippen LogP contribution in [0.15, 0.2) is 40.9 Å². The van der Waals surface area contributed by atoms with E-state index in [1.807, 2.05) is 13.0 Å². The quantitative estimate of drug-likeness (QED) is 0.804. The number of aryl methyl sites for hydroxylation is 1. The molecule has 0 radical (unpaired) electrons. The molecule has 3 nitrogen and oxygen atoms in total. The average molecular weight is 340 g/mol. The molecular weight excluding hydrogens is 328 g/mol. The molecule has 2 aromatic rings. The van der Waals surface area contributed by atoms with Crippen molar-refractivity contribution in [3.63, 3.8) is 0 Å². The smallest absolute Gasteiger partial charge is 0.255 e. The van der Waals surface area contributed by atoms with E-state index in [1.54, 1.807) is 30.3 Å². The standard InChI is InChI=1S/C14H12BrClN2O/c1-8-2-4-10(17)7-13(8)18-14(19)9-3-5-11(15)12(16)6-9/h2-7H,17H2,1H3,(H,18,19). The molecule has 98 valence electrons. The molecule has 0 spiro atoms. The van der Waals surface area contributed by atoms with Crippen molar-refractivity contribution in [1.29, 1.82) is 0 Å². The van der Waals surface area contributed by atoms with Gasteiger partial charge in [0, 0.05) is 21.4 Å². The Morgan fingerprint density at radius 1 is 1.26 bits per heavy atom. The summed E-state index contributed by atoms with van der Waals surface area (Å²) in [4.78, 5) is 12.1. The maximum absolute atomic E-state index is 12.1. The van der Waals surface area contributed by atoms with E-state index in [1.165, 1.54) is 0 Å². The van der Waals surface area contributed by atoms with Crippen LogP contribution in [0.2, 0.25) is 5.02 Å². The zero-order valence-electron chi connectivity index (χ0n) is 10.2. The second-order valence-electron chi connectivity index (χ2n) is 4.16. The van der Waals surface area contributed by atoms with Crippen molar-refractivity contribution in [1.82, 2.24) is 0 Å². The van der Waals surface area contributed by atoms with Gasteiger partial charge in [-0.15, -0.1) is 0 Å². The second-order valence-corrected chi connectivity index (χ2v) is 5.42. The minimum atomic E-state index is -0.219. The van der Waals surface area contributed by atoms with Gasteiger partial charge in [0.1, 0.15) is 0 Å². The normalized spacial score (nSPS) is 10.3. The number of anilines is 2. The van der Waals surface area contributed by atoms with Crippen molar-refractivity contribution >= 4 is 44.8 Å². The third-order valence-corrected chi connectivity index (χ3v) is 3.92. The third kappa shape index (κ3) is 3.28. The molecule has 0 aromatic heterocycles. The molecule has 0 aliphatic heterocycles. The van der Waals surface area contributed by atoms with Crippen molar-refractivity contribution < 1.29 is 4.79 Å². The number of benzene rings is 2. The molecule has 0 fully saturated rings. The van der Waals surface area contributed by atoms with E-state index in [2.05, 4.69) is 21.2 Å². The first-order valence-corrected chi connectivity index (χ1v) is 6.77. The summed E-state index contributed by atoms with van der Waals surface area (Å²) in [6.07, 6.45) is 0. The molecule has 0 aliphatic carbocycles. The fourth-order valence-corrected chi connectivity index (χ4v) is 2.03. The number of nitrogens with two attached hydrogens (primary N) is 1. The lowest BCUT2D eigenvalue weighted by Crippen LogP contribution is -2.13. The predicted molar refractivity (Wildman–Crippen MR) is 82.7 cm³/mol. The Hall–Kier alpha value is -1.52. The number of hydrogen-bond donors (Lipinski definition) is 2. The Kier molecular flexibility index (Phi) is 4.12. The van der Waals surface area contributed by atoms with Gasteiger partial charge in [-0.1, -0.05) is 17.7 Å². The lowest BCUT2D eigenvalue weighted by atomic mass is 10.1. The minimum absolute atomic E-state index is 0.219. The van der Waals surface area contributed by atoms with E-state index in [-0.39, 0.29) is 5.91 Å². The van der Waals surface area contributed by atoms with Gasteiger partial charge in [-0.25, -0.2) is 0 Å². The summed E-state index contributed by atoms with van der Waals surface area (Å²) < 4.78 is 0.755. The van der Waals surface area contributed by atoms with Gasteiger partial charge >= 0.3 is 0 Å². The summed E-state index contributed by atoms with van der Waals surface area (Å²) in [7, 11) is 0. The van der Waals surface area contributed by atoms with E-state index in [0.29, 0.717) is 22.0 Å². The zero-order valence-corrected chi connectivity index (χ0v) is 12.5. The van der Waals surface area contributed by atoms with Crippen molar-refractivity contribution in [2.75, 3.05) is 11.1 Å². The summed E-state index contributed by atoms with van der Waals surface area (Å²) in [5.41, 5.74) is 8.46. The van der Waals surface area contributed by atoms with Crippen LogP contribution in [0.5, 0.6) is 0 Å². The SMILES string of the molecule is Cc1ccc(N)cc1NC(=O)c1ccc(Br)c(Cl)c1. The van der Waals surface area contributed by atoms with E-state index < -0.39 is 0 Å². The highest BCUT2D eigenvalue weighted by Gasteiger charge is 2.09. The van der Waals surface area contributed by atoms with E-state index >= 15 is 0 Å². The summed E-state index contributed by atoms with van der Waals surface area (Å²) in [6.45, 7) is 1.91. The summed E-state index contributed by atoms with van der Waals surface area (Å²) in [5, 5.41) is 3.32. The molecule has 0 unspecified atom stereocenters. The molecule has 2 aromatic carbocycles. The van der Waals surface area contributed by atoms with Crippen LogP contribution in [0.4, 0.5) is 11.4 Å². The Bertz CT molecular complexity index is 643. The summed E-state index contributed by atoms with van der Waals surface area (Å²) in [6, 6.07) is 10.4. The van der Waals surface area contributed by atoms with Gasteiger partial charge in [-0.2, -0.15) is 0 Å². The molecule has 5 heteroatoms. The first-order valence-electron chi connectivity index (χ1n) is 5.60. The first kappa shape index (κ1) is 13.9. The lowest BCUT2D eigenvalue weighted by Gasteiger charge is -2.09. The summed E-state index contributed by atoms with van der Waals surface area (Å²) in [5.74, 6) is -0.219. The van der Waals surface area contributed by atoms with Gasteiger partial charge in [0.15, 0.2) is 0 Å². The van der Waals surface area contributed by atoms with Crippen LogP contribution in [0.25, 0.3) is 0 Å². The number of hydrogen-bond acceptors (Lipinski definition) is 2. The molecule has 0 heterocycles. The number of amides is 1. The van der Waals surface area contributed by atoms with Crippen LogP contribution in [0.3, 0.4) is 0 Å². The van der Waals surface area contributed by atoms with E-state index in [9.17, 15) is 4.79 Å². The molecule has 19 heavy (non-hydrogen) atoms. The molecule has 0 aliphatic rings. The number of nitrogen functional groups attached to an aromatic ring is 1. The second kappa shape index (κ2) is 5.63. The van der Waals surface area contributed by atoms with Gasteiger partial charge in [0.05, 0.1) is 5.02 Å². The highest BCUT2D eigenvalue weighted by Crippen LogP contribution is 2.24. The molecular formula is C14H12BrClN2O. The molecule has 2 rings (SSSR count). The Morgan fingerprint density at radius 2 is 2.00 bits per heavy atom. The first-order chi connectivity index (χ1) is 8.97. The topological polar surface area (TPSA) is 55.1 Å².